The molecule has 2 aromatic carbocycles. The molecule has 0 bridgehead atoms. The lowest BCUT2D eigenvalue weighted by Crippen LogP contribution is -2.60. The van der Waals surface area contributed by atoms with Gasteiger partial charge in [-0.25, -0.2) is 0 Å². The van der Waals surface area contributed by atoms with Crippen molar-refractivity contribution >= 4 is 23.2 Å². The number of fused-ring (bicyclic) bond motifs is 3. The molecular formula is C19H19N3O2. The SMILES string of the molecule is CCCCN1C(=O)[C@@]2(NC(=O)c3ccccc3N2)c2ccccc21. The summed E-state index contributed by atoms with van der Waals surface area (Å²) < 4.78 is 0. The van der Waals surface area contributed by atoms with Crippen LogP contribution in [0.2, 0.25) is 0 Å². The van der Waals surface area contributed by atoms with E-state index in [1.165, 1.54) is 0 Å². The molecule has 2 aromatic rings. The van der Waals surface area contributed by atoms with Crippen LogP contribution in [0.3, 0.4) is 0 Å². The Bertz CT molecular complexity index is 833. The van der Waals surface area contributed by atoms with Crippen LogP contribution in [-0.4, -0.2) is 18.4 Å². The van der Waals surface area contributed by atoms with Gasteiger partial charge in [0.15, 0.2) is 0 Å². The van der Waals surface area contributed by atoms with Crippen molar-refractivity contribution in [3.8, 4) is 0 Å². The Labute approximate surface area is 140 Å². The van der Waals surface area contributed by atoms with Gasteiger partial charge in [0.2, 0.25) is 5.66 Å². The van der Waals surface area contributed by atoms with Crippen LogP contribution >= 0.6 is 0 Å². The number of carbonyl (C=O) groups is 2. The third kappa shape index (κ3) is 1.94. The first-order valence-electron chi connectivity index (χ1n) is 8.28. The molecule has 0 radical (unpaired) electrons. The number of carbonyl (C=O) groups excluding carboxylic acids is 2. The van der Waals surface area contributed by atoms with E-state index in [2.05, 4.69) is 17.6 Å². The summed E-state index contributed by atoms with van der Waals surface area (Å²) in [4.78, 5) is 27.6. The number of nitrogens with one attached hydrogen (secondary N) is 2. The zero-order valence-corrected chi connectivity index (χ0v) is 13.5. The Balaban J connectivity index is 1.84. The summed E-state index contributed by atoms with van der Waals surface area (Å²) in [6, 6.07) is 14.9. The van der Waals surface area contributed by atoms with Gasteiger partial charge in [0, 0.05) is 17.8 Å². The van der Waals surface area contributed by atoms with E-state index in [-0.39, 0.29) is 11.8 Å². The molecular weight excluding hydrogens is 302 g/mol. The Morgan fingerprint density at radius 3 is 2.58 bits per heavy atom. The Kier molecular flexibility index (Phi) is 3.30. The fourth-order valence-electron chi connectivity index (χ4n) is 3.49. The highest BCUT2D eigenvalue weighted by Crippen LogP contribution is 2.43. The Morgan fingerprint density at radius 2 is 1.75 bits per heavy atom. The van der Waals surface area contributed by atoms with E-state index in [0.717, 1.165) is 24.1 Å². The van der Waals surface area contributed by atoms with E-state index >= 15 is 0 Å². The number of hydrogen-bond donors (Lipinski definition) is 2. The van der Waals surface area contributed by atoms with Crippen molar-refractivity contribution in [1.29, 1.82) is 0 Å². The minimum atomic E-state index is -1.21. The zero-order chi connectivity index (χ0) is 16.7. The summed E-state index contributed by atoms with van der Waals surface area (Å²) in [6.07, 6.45) is 1.92. The van der Waals surface area contributed by atoms with Crippen molar-refractivity contribution in [3.05, 3.63) is 59.7 Å². The number of unbranched alkanes of at least 4 members (excludes halogenated alkanes) is 1. The topological polar surface area (TPSA) is 61.4 Å². The van der Waals surface area contributed by atoms with Crippen molar-refractivity contribution in [1.82, 2.24) is 5.32 Å². The maximum atomic E-state index is 13.2. The molecule has 1 atom stereocenters. The highest BCUT2D eigenvalue weighted by Gasteiger charge is 2.54. The molecule has 0 fully saturated rings. The molecule has 0 saturated carbocycles. The van der Waals surface area contributed by atoms with Crippen LogP contribution < -0.4 is 15.5 Å². The number of hydrogen-bond acceptors (Lipinski definition) is 3. The van der Waals surface area contributed by atoms with Gasteiger partial charge in [0.25, 0.3) is 11.8 Å². The van der Waals surface area contributed by atoms with Crippen LogP contribution in [-0.2, 0) is 10.5 Å². The first-order valence-corrected chi connectivity index (χ1v) is 8.28. The normalized spacial score (nSPS) is 21.3. The monoisotopic (exact) mass is 321 g/mol. The maximum absolute atomic E-state index is 13.2. The summed E-state index contributed by atoms with van der Waals surface area (Å²) in [5, 5.41) is 6.21. The average molecular weight is 321 g/mol. The van der Waals surface area contributed by atoms with Gasteiger partial charge in [-0.15, -0.1) is 0 Å². The zero-order valence-electron chi connectivity index (χ0n) is 13.5. The van der Waals surface area contributed by atoms with Crippen LogP contribution in [0.5, 0.6) is 0 Å². The molecule has 5 heteroatoms. The van der Waals surface area contributed by atoms with E-state index in [1.54, 1.807) is 11.0 Å². The highest BCUT2D eigenvalue weighted by molar-refractivity contribution is 6.15. The van der Waals surface area contributed by atoms with Gasteiger partial charge in [-0.3, -0.25) is 9.59 Å². The predicted octanol–water partition coefficient (Wildman–Crippen LogP) is 2.84. The van der Waals surface area contributed by atoms with Crippen molar-refractivity contribution in [3.63, 3.8) is 0 Å². The van der Waals surface area contributed by atoms with Crippen LogP contribution in [0, 0.1) is 0 Å². The summed E-state index contributed by atoms with van der Waals surface area (Å²) in [7, 11) is 0. The number of para-hydroxylation sites is 2. The lowest BCUT2D eigenvalue weighted by atomic mass is 9.96. The van der Waals surface area contributed by atoms with Crippen molar-refractivity contribution in [2.24, 2.45) is 0 Å². The molecule has 2 aliphatic rings. The molecule has 0 unspecified atom stereocenters. The number of anilines is 2. The van der Waals surface area contributed by atoms with Gasteiger partial charge in [-0.2, -0.15) is 0 Å². The van der Waals surface area contributed by atoms with E-state index in [0.29, 0.717) is 17.8 Å². The standard InChI is InChI=1S/C19H19N3O2/c1-2-3-12-22-16-11-7-5-9-14(16)19(18(22)24)20-15-10-6-4-8-13(15)17(23)21-19/h4-11,20H,2-3,12H2,1H3,(H,21,23)/t19-/m0/s1. The third-order valence-corrected chi connectivity index (χ3v) is 4.69. The highest BCUT2D eigenvalue weighted by atomic mass is 16.2. The molecule has 24 heavy (non-hydrogen) atoms. The molecule has 2 amide bonds. The lowest BCUT2D eigenvalue weighted by molar-refractivity contribution is -0.123. The molecule has 0 aromatic heterocycles. The van der Waals surface area contributed by atoms with Gasteiger partial charge in [-0.1, -0.05) is 43.7 Å². The summed E-state index contributed by atoms with van der Waals surface area (Å²) in [5.41, 5.74) is 1.69. The quantitative estimate of drug-likeness (QED) is 0.914. The number of rotatable bonds is 3. The fraction of sp³-hybridized carbons (Fsp3) is 0.263. The van der Waals surface area contributed by atoms with Crippen LogP contribution in [0.1, 0.15) is 35.7 Å². The molecule has 5 nitrogen and oxygen atoms in total. The summed E-state index contributed by atoms with van der Waals surface area (Å²) in [6.45, 7) is 2.74. The van der Waals surface area contributed by atoms with Crippen molar-refractivity contribution in [2.75, 3.05) is 16.8 Å². The van der Waals surface area contributed by atoms with Gasteiger partial charge in [0.05, 0.1) is 11.3 Å². The average Bonchev–Trinajstić information content (AvgIpc) is 2.82. The maximum Gasteiger partial charge on any atom is 0.278 e. The number of amides is 2. The molecule has 4 rings (SSSR count). The first-order chi connectivity index (χ1) is 11.7. The second-order valence-corrected chi connectivity index (χ2v) is 6.20. The van der Waals surface area contributed by atoms with Gasteiger partial charge in [-0.05, 0) is 24.6 Å². The lowest BCUT2D eigenvalue weighted by Gasteiger charge is -2.36. The molecule has 2 heterocycles. The minimum absolute atomic E-state index is 0.125. The smallest absolute Gasteiger partial charge is 0.278 e. The molecule has 0 saturated heterocycles. The number of nitrogens with zero attached hydrogens (tertiary/aromatic N) is 1. The molecule has 2 N–H and O–H groups in total. The van der Waals surface area contributed by atoms with E-state index in [1.807, 2.05) is 42.5 Å². The van der Waals surface area contributed by atoms with Crippen molar-refractivity contribution < 1.29 is 9.59 Å². The van der Waals surface area contributed by atoms with Gasteiger partial charge >= 0.3 is 0 Å². The Morgan fingerprint density at radius 1 is 1.00 bits per heavy atom. The first kappa shape index (κ1) is 14.8. The molecule has 122 valence electrons. The van der Waals surface area contributed by atoms with Gasteiger partial charge < -0.3 is 15.5 Å². The molecule has 1 spiro atoms. The van der Waals surface area contributed by atoms with E-state index in [9.17, 15) is 9.59 Å². The molecule has 2 aliphatic heterocycles. The van der Waals surface area contributed by atoms with E-state index in [4.69, 9.17) is 0 Å². The van der Waals surface area contributed by atoms with Crippen LogP contribution in [0.4, 0.5) is 11.4 Å². The second kappa shape index (κ2) is 5.37. The molecule has 0 aliphatic carbocycles. The van der Waals surface area contributed by atoms with Gasteiger partial charge in [0.1, 0.15) is 0 Å². The van der Waals surface area contributed by atoms with E-state index < -0.39 is 5.66 Å². The summed E-state index contributed by atoms with van der Waals surface area (Å²) in [5.74, 6) is -0.357. The third-order valence-electron chi connectivity index (χ3n) is 4.69. The minimum Gasteiger partial charge on any atom is -0.350 e. The predicted molar refractivity (Wildman–Crippen MR) is 92.9 cm³/mol. The number of benzene rings is 2. The van der Waals surface area contributed by atoms with Crippen molar-refractivity contribution in [2.45, 2.75) is 25.4 Å². The van der Waals surface area contributed by atoms with Crippen LogP contribution in [0.15, 0.2) is 48.5 Å². The van der Waals surface area contributed by atoms with Crippen LogP contribution in [0.25, 0.3) is 0 Å². The fourth-order valence-corrected chi connectivity index (χ4v) is 3.49. The summed E-state index contributed by atoms with van der Waals surface area (Å²) >= 11 is 0. The Hall–Kier alpha value is -2.82. The second-order valence-electron chi connectivity index (χ2n) is 6.20. The largest absolute Gasteiger partial charge is 0.350 e.